The van der Waals surface area contributed by atoms with Crippen LogP contribution in [0.15, 0.2) is 6.20 Å². The molecule has 1 amide bonds. The highest BCUT2D eigenvalue weighted by Gasteiger charge is 2.26. The summed E-state index contributed by atoms with van der Waals surface area (Å²) in [6.07, 6.45) is 1.83. The number of aliphatic hydroxyl groups excluding tert-OH is 1. The lowest BCUT2D eigenvalue weighted by Crippen LogP contribution is -2.29. The summed E-state index contributed by atoms with van der Waals surface area (Å²) >= 11 is 0. The van der Waals surface area contributed by atoms with Gasteiger partial charge in [-0.25, -0.2) is 0 Å². The molecule has 76 valence electrons. The second-order valence-corrected chi connectivity index (χ2v) is 3.60. The molecule has 1 aliphatic rings. The Morgan fingerprint density at radius 1 is 1.79 bits per heavy atom. The molecule has 0 radical (unpaired) electrons. The zero-order chi connectivity index (χ0) is 10.1. The van der Waals surface area contributed by atoms with Crippen molar-refractivity contribution in [3.63, 3.8) is 0 Å². The minimum absolute atomic E-state index is 0.0483. The van der Waals surface area contributed by atoms with Crippen molar-refractivity contribution in [3.8, 4) is 0 Å². The Balaban J connectivity index is 2.13. The first-order valence-electron chi connectivity index (χ1n) is 4.66. The predicted molar refractivity (Wildman–Crippen MR) is 49.9 cm³/mol. The molecular formula is C9H13N3O2. The largest absolute Gasteiger partial charge is 0.391 e. The summed E-state index contributed by atoms with van der Waals surface area (Å²) in [4.78, 5) is 13.5. The van der Waals surface area contributed by atoms with Crippen molar-refractivity contribution in [3.05, 3.63) is 17.5 Å². The third kappa shape index (κ3) is 1.50. The van der Waals surface area contributed by atoms with Gasteiger partial charge in [0.2, 0.25) is 0 Å². The number of rotatable bonds is 1. The SMILES string of the molecule is Cc1[nH]ncc1C(=O)N1CC[C@H](O)C1. The van der Waals surface area contributed by atoms with Crippen molar-refractivity contribution in [1.29, 1.82) is 0 Å². The van der Waals surface area contributed by atoms with E-state index >= 15 is 0 Å². The minimum Gasteiger partial charge on any atom is -0.391 e. The van der Waals surface area contributed by atoms with Gasteiger partial charge in [-0.05, 0) is 13.3 Å². The molecular weight excluding hydrogens is 182 g/mol. The highest BCUT2D eigenvalue weighted by atomic mass is 16.3. The summed E-state index contributed by atoms with van der Waals surface area (Å²) in [7, 11) is 0. The number of carbonyl (C=O) groups excluding carboxylic acids is 1. The van der Waals surface area contributed by atoms with Crippen molar-refractivity contribution >= 4 is 5.91 Å². The van der Waals surface area contributed by atoms with Crippen LogP contribution in [0.2, 0.25) is 0 Å². The Morgan fingerprint density at radius 2 is 2.57 bits per heavy atom. The van der Waals surface area contributed by atoms with Crippen LogP contribution >= 0.6 is 0 Å². The van der Waals surface area contributed by atoms with Gasteiger partial charge in [0.25, 0.3) is 5.91 Å². The predicted octanol–water partition coefficient (Wildman–Crippen LogP) is -0.0751. The molecule has 0 spiro atoms. The zero-order valence-electron chi connectivity index (χ0n) is 8.03. The van der Waals surface area contributed by atoms with E-state index < -0.39 is 0 Å². The summed E-state index contributed by atoms with van der Waals surface area (Å²) < 4.78 is 0. The Kier molecular flexibility index (Phi) is 2.25. The van der Waals surface area contributed by atoms with Crippen molar-refractivity contribution < 1.29 is 9.90 Å². The number of hydrogen-bond donors (Lipinski definition) is 2. The fraction of sp³-hybridized carbons (Fsp3) is 0.556. The van der Waals surface area contributed by atoms with E-state index in [2.05, 4.69) is 10.2 Å². The van der Waals surface area contributed by atoms with Gasteiger partial charge in [-0.1, -0.05) is 0 Å². The molecule has 0 aromatic carbocycles. The lowest BCUT2D eigenvalue weighted by atomic mass is 10.2. The molecule has 0 aliphatic carbocycles. The molecule has 0 saturated carbocycles. The van der Waals surface area contributed by atoms with Crippen LogP contribution in [0.4, 0.5) is 0 Å². The maximum Gasteiger partial charge on any atom is 0.257 e. The minimum atomic E-state index is -0.369. The first kappa shape index (κ1) is 9.21. The fourth-order valence-electron chi connectivity index (χ4n) is 1.66. The van der Waals surface area contributed by atoms with Gasteiger partial charge in [0.15, 0.2) is 0 Å². The Bertz CT molecular complexity index is 348. The van der Waals surface area contributed by atoms with Crippen LogP contribution in [0.3, 0.4) is 0 Å². The lowest BCUT2D eigenvalue weighted by Gasteiger charge is -2.14. The number of carbonyl (C=O) groups is 1. The van der Waals surface area contributed by atoms with Crippen LogP contribution < -0.4 is 0 Å². The zero-order valence-corrected chi connectivity index (χ0v) is 8.03. The summed E-state index contributed by atoms with van der Waals surface area (Å²) in [6, 6.07) is 0. The molecule has 1 aliphatic heterocycles. The first-order chi connectivity index (χ1) is 6.68. The van der Waals surface area contributed by atoms with Gasteiger partial charge in [0.1, 0.15) is 0 Å². The maximum absolute atomic E-state index is 11.8. The van der Waals surface area contributed by atoms with Crippen molar-refractivity contribution in [2.45, 2.75) is 19.4 Å². The first-order valence-corrected chi connectivity index (χ1v) is 4.66. The second-order valence-electron chi connectivity index (χ2n) is 3.60. The smallest absolute Gasteiger partial charge is 0.257 e. The molecule has 1 aromatic rings. The fourth-order valence-corrected chi connectivity index (χ4v) is 1.66. The van der Waals surface area contributed by atoms with Gasteiger partial charge >= 0.3 is 0 Å². The molecule has 1 saturated heterocycles. The normalized spacial score (nSPS) is 21.6. The highest BCUT2D eigenvalue weighted by Crippen LogP contribution is 2.14. The van der Waals surface area contributed by atoms with Crippen molar-refractivity contribution in [2.75, 3.05) is 13.1 Å². The van der Waals surface area contributed by atoms with Crippen LogP contribution in [0.5, 0.6) is 0 Å². The number of nitrogens with one attached hydrogen (secondary N) is 1. The number of β-amino-alcohol motifs (C(OH)–C–C–N with tert-alkyl or cyclic N) is 1. The highest BCUT2D eigenvalue weighted by molar-refractivity contribution is 5.95. The Morgan fingerprint density at radius 3 is 3.07 bits per heavy atom. The molecule has 1 fully saturated rings. The molecule has 5 nitrogen and oxygen atoms in total. The van der Waals surface area contributed by atoms with E-state index in [0.29, 0.717) is 25.1 Å². The van der Waals surface area contributed by atoms with Crippen LogP contribution in [0.1, 0.15) is 22.5 Å². The lowest BCUT2D eigenvalue weighted by molar-refractivity contribution is 0.0764. The van der Waals surface area contributed by atoms with Gasteiger partial charge in [-0.3, -0.25) is 9.89 Å². The van der Waals surface area contributed by atoms with E-state index in [4.69, 9.17) is 0 Å². The van der Waals surface area contributed by atoms with Crippen LogP contribution in [-0.2, 0) is 0 Å². The van der Waals surface area contributed by atoms with E-state index in [1.807, 2.05) is 6.92 Å². The Labute approximate surface area is 81.7 Å². The molecule has 2 heterocycles. The van der Waals surface area contributed by atoms with Gasteiger partial charge in [-0.2, -0.15) is 5.10 Å². The third-order valence-electron chi connectivity index (χ3n) is 2.51. The van der Waals surface area contributed by atoms with Crippen molar-refractivity contribution in [2.24, 2.45) is 0 Å². The molecule has 1 aromatic heterocycles. The molecule has 2 rings (SSSR count). The number of H-pyrrole nitrogens is 1. The van der Waals surface area contributed by atoms with Gasteiger partial charge in [0, 0.05) is 18.8 Å². The van der Waals surface area contributed by atoms with Crippen LogP contribution in [0, 0.1) is 6.92 Å². The van der Waals surface area contributed by atoms with E-state index in [1.165, 1.54) is 6.20 Å². The second kappa shape index (κ2) is 3.42. The van der Waals surface area contributed by atoms with Gasteiger partial charge in [-0.15, -0.1) is 0 Å². The number of amides is 1. The van der Waals surface area contributed by atoms with E-state index in [1.54, 1.807) is 4.90 Å². The average Bonchev–Trinajstić information content (AvgIpc) is 2.73. The quantitative estimate of drug-likeness (QED) is 0.658. The van der Waals surface area contributed by atoms with Crippen molar-refractivity contribution in [1.82, 2.24) is 15.1 Å². The Hall–Kier alpha value is -1.36. The molecule has 1 atom stereocenters. The summed E-state index contributed by atoms with van der Waals surface area (Å²) in [5.74, 6) is -0.0483. The summed E-state index contributed by atoms with van der Waals surface area (Å²) in [5, 5.41) is 15.8. The summed E-state index contributed by atoms with van der Waals surface area (Å²) in [6.45, 7) is 2.88. The standard InChI is InChI=1S/C9H13N3O2/c1-6-8(4-10-11-6)9(14)12-3-2-7(13)5-12/h4,7,13H,2-3,5H2,1H3,(H,10,11)/t7-/m0/s1. The molecule has 2 N–H and O–H groups in total. The van der Waals surface area contributed by atoms with E-state index in [-0.39, 0.29) is 12.0 Å². The number of hydrogen-bond acceptors (Lipinski definition) is 3. The van der Waals surface area contributed by atoms with Crippen LogP contribution in [0.25, 0.3) is 0 Å². The van der Waals surface area contributed by atoms with Crippen LogP contribution in [-0.4, -0.2) is 45.3 Å². The molecule has 5 heteroatoms. The number of nitrogens with zero attached hydrogens (tertiary/aromatic N) is 2. The number of aromatic nitrogens is 2. The molecule has 0 bridgehead atoms. The molecule has 0 unspecified atom stereocenters. The number of likely N-dealkylation sites (tertiary alicyclic amines) is 1. The average molecular weight is 195 g/mol. The van der Waals surface area contributed by atoms with Gasteiger partial charge in [0.05, 0.1) is 17.9 Å². The monoisotopic (exact) mass is 195 g/mol. The maximum atomic E-state index is 11.8. The summed E-state index contributed by atoms with van der Waals surface area (Å²) in [5.41, 5.74) is 1.37. The van der Waals surface area contributed by atoms with Gasteiger partial charge < -0.3 is 10.0 Å². The third-order valence-corrected chi connectivity index (χ3v) is 2.51. The topological polar surface area (TPSA) is 69.2 Å². The molecule has 14 heavy (non-hydrogen) atoms. The van der Waals surface area contributed by atoms with E-state index in [0.717, 1.165) is 5.69 Å². The number of aryl methyl sites for hydroxylation is 1. The number of aliphatic hydroxyl groups is 1. The van der Waals surface area contributed by atoms with E-state index in [9.17, 15) is 9.90 Å². The number of aromatic amines is 1.